The van der Waals surface area contributed by atoms with E-state index in [1.165, 1.54) is 18.4 Å². The van der Waals surface area contributed by atoms with Crippen LogP contribution in [-0.4, -0.2) is 32.1 Å². The van der Waals surface area contributed by atoms with Gasteiger partial charge < -0.3 is 9.47 Å². The predicted molar refractivity (Wildman–Crippen MR) is 118 cm³/mol. The minimum absolute atomic E-state index is 0.136. The lowest BCUT2D eigenvalue weighted by Crippen LogP contribution is -2.36. The van der Waals surface area contributed by atoms with Gasteiger partial charge >= 0.3 is 0 Å². The molecular formula is C25H43FO2. The molecule has 3 rings (SSSR count). The maximum atomic E-state index is 13.6. The Labute approximate surface area is 173 Å². The van der Waals surface area contributed by atoms with Crippen molar-refractivity contribution in [3.63, 3.8) is 0 Å². The second-order valence-electron chi connectivity index (χ2n) is 9.06. The van der Waals surface area contributed by atoms with Gasteiger partial charge in [0.15, 0.2) is 0 Å². The molecule has 0 saturated carbocycles. The summed E-state index contributed by atoms with van der Waals surface area (Å²) in [7, 11) is 0. The van der Waals surface area contributed by atoms with E-state index in [-0.39, 0.29) is 5.92 Å². The largest absolute Gasteiger partial charge is 0.381 e. The van der Waals surface area contributed by atoms with Crippen LogP contribution in [0.2, 0.25) is 0 Å². The normalized spacial score (nSPS) is 19.6. The number of rotatable bonds is 3. The van der Waals surface area contributed by atoms with Crippen LogP contribution in [0.3, 0.4) is 0 Å². The molecule has 0 N–H and O–H groups in total. The van der Waals surface area contributed by atoms with E-state index in [4.69, 9.17) is 9.47 Å². The Morgan fingerprint density at radius 2 is 1.32 bits per heavy atom. The molecule has 0 radical (unpaired) electrons. The fourth-order valence-electron chi connectivity index (χ4n) is 3.51. The quantitative estimate of drug-likeness (QED) is 0.547. The summed E-state index contributed by atoms with van der Waals surface area (Å²) >= 11 is 0. The van der Waals surface area contributed by atoms with Crippen molar-refractivity contribution in [3.05, 3.63) is 35.9 Å². The van der Waals surface area contributed by atoms with Crippen LogP contribution < -0.4 is 0 Å². The van der Waals surface area contributed by atoms with Crippen molar-refractivity contribution in [1.82, 2.24) is 0 Å². The topological polar surface area (TPSA) is 18.5 Å². The third kappa shape index (κ3) is 9.52. The monoisotopic (exact) mass is 394 g/mol. The summed E-state index contributed by atoms with van der Waals surface area (Å²) in [5, 5.41) is 0. The van der Waals surface area contributed by atoms with E-state index >= 15 is 0 Å². The smallest absolute Gasteiger partial charge is 0.117 e. The van der Waals surface area contributed by atoms with E-state index in [1.54, 1.807) is 0 Å². The average Bonchev–Trinajstić information content (AvgIpc) is 2.71. The van der Waals surface area contributed by atoms with E-state index in [2.05, 4.69) is 52.0 Å². The highest BCUT2D eigenvalue weighted by Gasteiger charge is 2.35. The molecule has 0 unspecified atom stereocenters. The Morgan fingerprint density at radius 3 is 1.64 bits per heavy atom. The molecule has 2 aliphatic heterocycles. The second kappa shape index (κ2) is 13.3. The highest BCUT2D eigenvalue weighted by atomic mass is 19.1. The molecule has 1 aromatic carbocycles. The summed E-state index contributed by atoms with van der Waals surface area (Å²) < 4.78 is 23.9. The van der Waals surface area contributed by atoms with Crippen LogP contribution in [0.5, 0.6) is 0 Å². The number of hydrogen-bond acceptors (Lipinski definition) is 2. The molecule has 3 heteroatoms. The fourth-order valence-corrected chi connectivity index (χ4v) is 3.51. The zero-order chi connectivity index (χ0) is 21.0. The van der Waals surface area contributed by atoms with Gasteiger partial charge in [-0.25, -0.2) is 4.39 Å². The van der Waals surface area contributed by atoms with Crippen LogP contribution in [0.4, 0.5) is 4.39 Å². The first-order chi connectivity index (χ1) is 13.3. The molecule has 28 heavy (non-hydrogen) atoms. The number of alkyl halides is 1. The highest BCUT2D eigenvalue weighted by Crippen LogP contribution is 2.32. The molecule has 0 aliphatic carbocycles. The van der Waals surface area contributed by atoms with E-state index in [0.717, 1.165) is 25.0 Å². The number of halogens is 1. The summed E-state index contributed by atoms with van der Waals surface area (Å²) in [6.07, 6.45) is 3.70. The van der Waals surface area contributed by atoms with Gasteiger partial charge in [-0.2, -0.15) is 0 Å². The van der Waals surface area contributed by atoms with Crippen molar-refractivity contribution in [3.8, 4) is 0 Å². The van der Waals surface area contributed by atoms with Gasteiger partial charge in [0.25, 0.3) is 0 Å². The molecule has 2 nitrogen and oxygen atoms in total. The van der Waals surface area contributed by atoms with Crippen LogP contribution >= 0.6 is 0 Å². The number of hydrogen-bond donors (Lipinski definition) is 0. The maximum absolute atomic E-state index is 13.6. The second-order valence-corrected chi connectivity index (χ2v) is 9.06. The molecule has 2 saturated heterocycles. The number of ether oxygens (including phenoxy) is 2. The Bertz CT molecular complexity index is 487. The van der Waals surface area contributed by atoms with Crippen molar-refractivity contribution in [2.45, 2.75) is 78.8 Å². The van der Waals surface area contributed by atoms with Gasteiger partial charge in [0, 0.05) is 39.3 Å². The van der Waals surface area contributed by atoms with Gasteiger partial charge in [0.1, 0.15) is 5.67 Å². The lowest BCUT2D eigenvalue weighted by atomic mass is 9.85. The third-order valence-corrected chi connectivity index (χ3v) is 6.03. The molecule has 2 aliphatic rings. The van der Waals surface area contributed by atoms with Crippen molar-refractivity contribution in [1.29, 1.82) is 0 Å². The first-order valence-electron chi connectivity index (χ1n) is 11.2. The van der Waals surface area contributed by atoms with E-state index in [9.17, 15) is 4.39 Å². The lowest BCUT2D eigenvalue weighted by molar-refractivity contribution is -0.0342. The van der Waals surface area contributed by atoms with Gasteiger partial charge in [-0.05, 0) is 42.1 Å². The van der Waals surface area contributed by atoms with Crippen LogP contribution in [0.15, 0.2) is 30.3 Å². The lowest BCUT2D eigenvalue weighted by Gasteiger charge is -2.32. The van der Waals surface area contributed by atoms with Crippen molar-refractivity contribution in [2.75, 3.05) is 26.4 Å². The highest BCUT2D eigenvalue weighted by molar-refractivity contribution is 5.17. The molecule has 2 fully saturated rings. The fraction of sp³-hybridized carbons (Fsp3) is 0.760. The Kier molecular flexibility index (Phi) is 11.9. The van der Waals surface area contributed by atoms with Crippen LogP contribution in [0.25, 0.3) is 0 Å². The summed E-state index contributed by atoms with van der Waals surface area (Å²) in [5.74, 6) is 2.58. The zero-order valence-electron chi connectivity index (χ0n) is 19.0. The molecule has 0 atom stereocenters. The molecule has 0 bridgehead atoms. The third-order valence-electron chi connectivity index (χ3n) is 6.03. The van der Waals surface area contributed by atoms with Crippen molar-refractivity contribution < 1.29 is 13.9 Å². The first kappa shape index (κ1) is 25.1. The Balaban J connectivity index is 0.000000210. The van der Waals surface area contributed by atoms with Gasteiger partial charge in [-0.1, -0.05) is 71.9 Å². The maximum Gasteiger partial charge on any atom is 0.117 e. The zero-order valence-corrected chi connectivity index (χ0v) is 19.0. The molecule has 1 aromatic rings. The van der Waals surface area contributed by atoms with Gasteiger partial charge in [0.2, 0.25) is 0 Å². The van der Waals surface area contributed by atoms with E-state index in [0.29, 0.717) is 32.0 Å². The SMILES string of the molecule is CC(C)C1(F)CCOCC1.CC(C)C1CCOCC1.CC(C)c1ccccc1. The minimum Gasteiger partial charge on any atom is -0.381 e. The molecule has 0 aromatic heterocycles. The van der Waals surface area contributed by atoms with Crippen molar-refractivity contribution in [2.24, 2.45) is 17.8 Å². The summed E-state index contributed by atoms with van der Waals surface area (Å²) in [5.41, 5.74) is 0.468. The minimum atomic E-state index is -0.946. The summed E-state index contributed by atoms with van der Waals surface area (Å²) in [6.45, 7) is 16.0. The molecular weight excluding hydrogens is 351 g/mol. The molecule has 0 spiro atoms. The Hall–Kier alpha value is -0.930. The van der Waals surface area contributed by atoms with E-state index in [1.807, 2.05) is 19.9 Å². The average molecular weight is 395 g/mol. The molecule has 2 heterocycles. The van der Waals surface area contributed by atoms with Crippen LogP contribution in [-0.2, 0) is 9.47 Å². The molecule has 0 amide bonds. The van der Waals surface area contributed by atoms with Crippen molar-refractivity contribution >= 4 is 0 Å². The van der Waals surface area contributed by atoms with Crippen LogP contribution in [0, 0.1) is 17.8 Å². The predicted octanol–water partition coefficient (Wildman–Crippen LogP) is 7.04. The molecule has 162 valence electrons. The van der Waals surface area contributed by atoms with E-state index < -0.39 is 5.67 Å². The van der Waals surface area contributed by atoms with Gasteiger partial charge in [-0.15, -0.1) is 0 Å². The van der Waals surface area contributed by atoms with Gasteiger partial charge in [-0.3, -0.25) is 0 Å². The van der Waals surface area contributed by atoms with Crippen LogP contribution in [0.1, 0.15) is 78.7 Å². The number of benzene rings is 1. The first-order valence-corrected chi connectivity index (χ1v) is 11.2. The summed E-state index contributed by atoms with van der Waals surface area (Å²) in [6, 6.07) is 10.5. The van der Waals surface area contributed by atoms with Gasteiger partial charge in [0.05, 0.1) is 0 Å². The summed E-state index contributed by atoms with van der Waals surface area (Å²) in [4.78, 5) is 0. The standard InChI is InChI=1S/C9H12.C8H15FO.C8H16O/c1-8(2)9-6-4-3-5-7-9;1-7(2)8(9)3-5-10-6-4-8;1-7(2)8-3-5-9-6-4-8/h3-8H,1-2H3;7H,3-6H2,1-2H3;7-8H,3-6H2,1-2H3. The Morgan fingerprint density at radius 1 is 0.821 bits per heavy atom.